The molecule has 5 nitrogen and oxygen atoms in total. The third kappa shape index (κ3) is 38.5. The topological polar surface area (TPSA) is 91.7 Å². The van der Waals surface area contributed by atoms with E-state index in [0.29, 0.717) is 0 Å². The molecule has 0 spiro atoms. The van der Waals surface area contributed by atoms with E-state index in [1.165, 1.54) is 39.8 Å². The Bertz CT molecular complexity index is 245. The molecule has 2 N–H and O–H groups in total. The first-order valence-electron chi connectivity index (χ1n) is 4.19. The van der Waals surface area contributed by atoms with Gasteiger partial charge in [-0.25, -0.2) is 0 Å². The van der Waals surface area contributed by atoms with Gasteiger partial charge < -0.3 is 10.2 Å². The number of ketones is 2. The Morgan fingerprint density at radius 1 is 0.812 bits per heavy atom. The van der Waals surface area contributed by atoms with Crippen LogP contribution in [-0.2, 0) is 30.6 Å². The van der Waals surface area contributed by atoms with Crippen molar-refractivity contribution in [1.82, 2.24) is 0 Å². The molecule has 0 rings (SSSR count). The Morgan fingerprint density at radius 3 is 1.00 bits per heavy atom. The summed E-state index contributed by atoms with van der Waals surface area (Å²) in [6.07, 6.45) is 2.33. The van der Waals surface area contributed by atoms with Crippen molar-refractivity contribution in [1.29, 1.82) is 0 Å². The van der Waals surface area contributed by atoms with Crippen molar-refractivity contribution < 1.29 is 40.8 Å². The number of carbonyl (C=O) groups excluding carboxylic acids is 2. The predicted octanol–water partition coefficient (Wildman–Crippen LogP) is 1.95. The minimum atomic E-state index is -0.125. The number of carbonyl (C=O) groups is 2. The second-order valence-corrected chi connectivity index (χ2v) is 2.79. The molecule has 0 bridgehead atoms. The standard InChI is InChI=1S/2C5H8O2.O.V/c2*1-4(6)3-5(2)7;;/h2*3,6H,1-2H3;;/b2*4-3+;;. The molecular weight excluding hydrogens is 251 g/mol. The second-order valence-electron chi connectivity index (χ2n) is 2.79. The molecule has 0 aliphatic carbocycles. The van der Waals surface area contributed by atoms with E-state index in [0.717, 1.165) is 17.4 Å². The van der Waals surface area contributed by atoms with Crippen LogP contribution in [0.15, 0.2) is 23.7 Å². The van der Waals surface area contributed by atoms with Gasteiger partial charge >= 0.3 is 21.0 Å². The summed E-state index contributed by atoms with van der Waals surface area (Å²) in [4.78, 5) is 20.0. The molecule has 0 saturated heterocycles. The van der Waals surface area contributed by atoms with Gasteiger partial charge in [0.1, 0.15) is 0 Å². The van der Waals surface area contributed by atoms with Gasteiger partial charge in [-0.3, -0.25) is 9.59 Å². The molecule has 0 amide bonds. The average Bonchev–Trinajstić information content (AvgIpc) is 2.03. The molecule has 6 heteroatoms. The zero-order valence-electron chi connectivity index (χ0n) is 9.72. The van der Waals surface area contributed by atoms with Gasteiger partial charge in [-0.1, -0.05) is 0 Å². The van der Waals surface area contributed by atoms with Gasteiger partial charge in [-0.05, 0) is 27.7 Å². The van der Waals surface area contributed by atoms with Crippen molar-refractivity contribution in [3.8, 4) is 0 Å². The average molecular weight is 267 g/mol. The number of aliphatic hydroxyl groups is 2. The van der Waals surface area contributed by atoms with Gasteiger partial charge in [-0.2, -0.15) is 0 Å². The van der Waals surface area contributed by atoms with Gasteiger partial charge in [0, 0.05) is 12.2 Å². The predicted molar refractivity (Wildman–Crippen MR) is 54.8 cm³/mol. The third-order valence-corrected chi connectivity index (χ3v) is 0.824. The van der Waals surface area contributed by atoms with Crippen molar-refractivity contribution in [2.45, 2.75) is 27.7 Å². The number of allylic oxidation sites excluding steroid dienone is 4. The summed E-state index contributed by atoms with van der Waals surface area (Å²) < 4.78 is 8.19. The summed E-state index contributed by atoms with van der Waals surface area (Å²) in [6, 6.07) is 0. The summed E-state index contributed by atoms with van der Waals surface area (Å²) in [6.45, 7) is 5.70. The van der Waals surface area contributed by atoms with Crippen LogP contribution in [0.4, 0.5) is 0 Å². The molecule has 0 unspecified atom stereocenters. The summed E-state index contributed by atoms with van der Waals surface area (Å²) >= 11 is 1.06. The van der Waals surface area contributed by atoms with Crippen LogP contribution >= 0.6 is 0 Å². The van der Waals surface area contributed by atoms with Crippen LogP contribution in [0, 0.1) is 0 Å². The quantitative estimate of drug-likeness (QED) is 0.589. The molecule has 16 heavy (non-hydrogen) atoms. The van der Waals surface area contributed by atoms with E-state index in [9.17, 15) is 9.59 Å². The summed E-state index contributed by atoms with van der Waals surface area (Å²) in [5.41, 5.74) is 0. The Balaban J connectivity index is -0.000000183. The Morgan fingerprint density at radius 2 is 1.00 bits per heavy atom. The van der Waals surface area contributed by atoms with Crippen LogP contribution < -0.4 is 0 Å². The van der Waals surface area contributed by atoms with Crippen LogP contribution in [0.3, 0.4) is 0 Å². The summed E-state index contributed by atoms with van der Waals surface area (Å²) in [5, 5.41) is 16.7. The summed E-state index contributed by atoms with van der Waals surface area (Å²) in [5.74, 6) is -0.125. The number of hydrogen-bond donors (Lipinski definition) is 2. The monoisotopic (exact) mass is 267 g/mol. The van der Waals surface area contributed by atoms with E-state index in [1.807, 2.05) is 0 Å². The van der Waals surface area contributed by atoms with Gasteiger partial charge in [0.25, 0.3) is 0 Å². The van der Waals surface area contributed by atoms with E-state index in [1.54, 1.807) is 0 Å². The molecular formula is C10H16O5V. The fourth-order valence-corrected chi connectivity index (χ4v) is 0.588. The van der Waals surface area contributed by atoms with Gasteiger partial charge in [0.2, 0.25) is 0 Å². The van der Waals surface area contributed by atoms with Gasteiger partial charge in [0.05, 0.1) is 11.5 Å². The molecule has 0 atom stereocenters. The molecule has 0 radical (unpaired) electrons. The molecule has 91 valence electrons. The number of rotatable bonds is 2. The van der Waals surface area contributed by atoms with Crippen molar-refractivity contribution >= 4 is 11.6 Å². The molecule has 0 aromatic heterocycles. The van der Waals surface area contributed by atoms with Crippen molar-refractivity contribution in [2.75, 3.05) is 0 Å². The van der Waals surface area contributed by atoms with Crippen LogP contribution in [0.5, 0.6) is 0 Å². The molecule has 0 aliphatic heterocycles. The molecule has 0 aliphatic rings. The SMILES string of the molecule is CC(=O)/C=C(\C)O.CC(=O)/C=C(\C)O.[O]=[V]. The van der Waals surface area contributed by atoms with E-state index in [2.05, 4.69) is 0 Å². The van der Waals surface area contributed by atoms with E-state index >= 15 is 0 Å². The zero-order valence-corrected chi connectivity index (χ0v) is 11.1. The molecule has 0 aromatic carbocycles. The first kappa shape index (κ1) is 20.2. The van der Waals surface area contributed by atoms with Crippen molar-refractivity contribution in [3.63, 3.8) is 0 Å². The van der Waals surface area contributed by atoms with E-state index in [-0.39, 0.29) is 23.1 Å². The number of hydrogen-bond acceptors (Lipinski definition) is 5. The Kier molecular flexibility index (Phi) is 17.5. The minimum absolute atomic E-state index is 0.0625. The Labute approximate surface area is 104 Å². The molecule has 0 heterocycles. The zero-order chi connectivity index (χ0) is 13.7. The fourth-order valence-electron chi connectivity index (χ4n) is 0.588. The normalized spacial score (nSPS) is 10.2. The van der Waals surface area contributed by atoms with Gasteiger partial charge in [0.15, 0.2) is 11.6 Å². The molecule has 0 aromatic rings. The maximum atomic E-state index is 10.0. The van der Waals surface area contributed by atoms with Crippen LogP contribution in [0.25, 0.3) is 0 Å². The van der Waals surface area contributed by atoms with Crippen LogP contribution in [-0.4, -0.2) is 21.8 Å². The number of aliphatic hydroxyl groups excluding tert-OH is 2. The Hall–Kier alpha value is -1.20. The van der Waals surface area contributed by atoms with Gasteiger partial charge in [-0.15, -0.1) is 0 Å². The van der Waals surface area contributed by atoms with Crippen LogP contribution in [0.1, 0.15) is 27.7 Å². The van der Waals surface area contributed by atoms with Crippen molar-refractivity contribution in [2.24, 2.45) is 0 Å². The van der Waals surface area contributed by atoms with E-state index in [4.69, 9.17) is 13.9 Å². The molecule has 0 saturated carbocycles. The van der Waals surface area contributed by atoms with E-state index < -0.39 is 0 Å². The van der Waals surface area contributed by atoms with Crippen molar-refractivity contribution in [3.05, 3.63) is 23.7 Å². The first-order valence-corrected chi connectivity index (χ1v) is 4.76. The third-order valence-electron chi connectivity index (χ3n) is 0.824. The second kappa shape index (κ2) is 13.8. The molecule has 0 fully saturated rings. The van der Waals surface area contributed by atoms with Crippen LogP contribution in [0.2, 0.25) is 0 Å². The summed E-state index contributed by atoms with van der Waals surface area (Å²) in [7, 11) is 0. The first-order chi connectivity index (χ1) is 7.25. The fraction of sp³-hybridized carbons (Fsp3) is 0.400. The maximum absolute atomic E-state index is 10.0.